The molecule has 3 N–H and O–H groups in total. The lowest BCUT2D eigenvalue weighted by Crippen LogP contribution is -2.31. The molecule has 1 saturated carbocycles. The van der Waals surface area contributed by atoms with Crippen LogP contribution in [0.25, 0.3) is 10.9 Å². The highest BCUT2D eigenvalue weighted by molar-refractivity contribution is 6.01. The molecule has 1 aliphatic rings. The zero-order valence-electron chi connectivity index (χ0n) is 24.3. The minimum absolute atomic E-state index is 0.250. The fraction of sp³-hybridized carbons (Fsp3) is 0.429. The second-order valence-electron chi connectivity index (χ2n) is 9.24. The van der Waals surface area contributed by atoms with Crippen LogP contribution in [0.5, 0.6) is 5.75 Å². The van der Waals surface area contributed by atoms with Gasteiger partial charge in [-0.15, -0.1) is 5.10 Å². The summed E-state index contributed by atoms with van der Waals surface area (Å²) in [6, 6.07) is 3.96. The first-order valence-electron chi connectivity index (χ1n) is 13.3. The molecule has 0 radical (unpaired) electrons. The Morgan fingerprint density at radius 2 is 1.93 bits per heavy atom. The van der Waals surface area contributed by atoms with Crippen LogP contribution in [0.3, 0.4) is 0 Å². The molecule has 2 heterocycles. The van der Waals surface area contributed by atoms with Gasteiger partial charge >= 0.3 is 0 Å². The predicted molar refractivity (Wildman–Crippen MR) is 156 cm³/mol. The standard InChI is InChI=1S/C18H19N7O3.C8H15NO.C2H6O/c1-12(5-4-6-25(11-26)17-10-20-24(2)23-17)21-18(27)14-7-13-9-19-22-15(13)8-16(14)28-3;1-9(7-10)8-5-3-2-4-6-8;1-2-3/h4-11H,1-3H3,(H,19,22)(H,21,27);7-8H,2-6H2,1H3;3H,2H2,1H3/b6-4-,12-5+;;. The van der Waals surface area contributed by atoms with Crippen molar-refractivity contribution < 1.29 is 24.2 Å². The number of allylic oxidation sites excluding steroid dienone is 3. The zero-order chi connectivity index (χ0) is 30.2. The number of rotatable bonds is 9. The number of anilines is 1. The molecule has 41 heavy (non-hydrogen) atoms. The molecule has 2 aromatic heterocycles. The number of H-pyrrole nitrogens is 1. The number of methoxy groups -OCH3 is 1. The van der Waals surface area contributed by atoms with Gasteiger partial charge in [0.2, 0.25) is 12.8 Å². The van der Waals surface area contributed by atoms with Crippen LogP contribution in [0.1, 0.15) is 56.3 Å². The predicted octanol–water partition coefficient (Wildman–Crippen LogP) is 2.92. The quantitative estimate of drug-likeness (QED) is 0.263. The molecular weight excluding hydrogens is 528 g/mol. The van der Waals surface area contributed by atoms with Crippen LogP contribution in [0.15, 0.2) is 48.6 Å². The van der Waals surface area contributed by atoms with E-state index >= 15 is 0 Å². The largest absolute Gasteiger partial charge is 0.496 e. The summed E-state index contributed by atoms with van der Waals surface area (Å²) in [5.41, 5.74) is 1.75. The zero-order valence-corrected chi connectivity index (χ0v) is 24.3. The van der Waals surface area contributed by atoms with Crippen LogP contribution in [0.4, 0.5) is 5.82 Å². The molecule has 0 spiro atoms. The van der Waals surface area contributed by atoms with Gasteiger partial charge in [-0.2, -0.15) is 15.0 Å². The van der Waals surface area contributed by atoms with Gasteiger partial charge in [-0.05, 0) is 44.9 Å². The van der Waals surface area contributed by atoms with E-state index in [0.717, 1.165) is 17.3 Å². The Morgan fingerprint density at radius 3 is 2.51 bits per heavy atom. The van der Waals surface area contributed by atoms with Gasteiger partial charge in [0.15, 0.2) is 5.82 Å². The summed E-state index contributed by atoms with van der Waals surface area (Å²) < 4.78 is 5.30. The Hall–Kier alpha value is -4.52. The topological polar surface area (TPSA) is 159 Å². The first-order valence-corrected chi connectivity index (χ1v) is 13.3. The van der Waals surface area contributed by atoms with Gasteiger partial charge < -0.3 is 20.1 Å². The number of nitrogens with zero attached hydrogens (tertiary/aromatic N) is 6. The number of aromatic amines is 1. The monoisotopic (exact) mass is 568 g/mol. The number of aromatic nitrogens is 5. The normalized spacial score (nSPS) is 13.5. The molecule has 0 aliphatic heterocycles. The van der Waals surface area contributed by atoms with E-state index in [0.29, 0.717) is 35.3 Å². The first kappa shape index (κ1) is 32.7. The Bertz CT molecular complexity index is 1310. The van der Waals surface area contributed by atoms with E-state index in [1.165, 1.54) is 61.3 Å². The smallest absolute Gasteiger partial charge is 0.259 e. The number of hydrogen-bond acceptors (Lipinski definition) is 8. The molecule has 0 atom stereocenters. The van der Waals surface area contributed by atoms with Gasteiger partial charge in [0.05, 0.1) is 30.6 Å². The van der Waals surface area contributed by atoms with Crippen LogP contribution in [-0.4, -0.2) is 80.7 Å². The molecule has 1 fully saturated rings. The molecule has 3 aromatic rings. The average molecular weight is 569 g/mol. The van der Waals surface area contributed by atoms with Crippen molar-refractivity contribution in [1.29, 1.82) is 0 Å². The van der Waals surface area contributed by atoms with Crippen LogP contribution >= 0.6 is 0 Å². The number of ether oxygens (including phenoxy) is 1. The van der Waals surface area contributed by atoms with Gasteiger partial charge in [0.25, 0.3) is 5.91 Å². The maximum absolute atomic E-state index is 12.6. The van der Waals surface area contributed by atoms with E-state index in [9.17, 15) is 14.4 Å². The summed E-state index contributed by atoms with van der Waals surface area (Å²) in [5.74, 6) is 0.512. The number of benzene rings is 1. The molecule has 3 amide bonds. The highest BCUT2D eigenvalue weighted by Crippen LogP contribution is 2.25. The Morgan fingerprint density at radius 1 is 1.22 bits per heavy atom. The Labute approximate surface area is 239 Å². The van der Waals surface area contributed by atoms with Crippen molar-refractivity contribution in [2.75, 3.05) is 25.7 Å². The van der Waals surface area contributed by atoms with Crippen molar-refractivity contribution in [2.24, 2.45) is 7.05 Å². The minimum Gasteiger partial charge on any atom is -0.496 e. The third-order valence-corrected chi connectivity index (χ3v) is 6.19. The van der Waals surface area contributed by atoms with Crippen molar-refractivity contribution in [3.05, 3.63) is 54.1 Å². The van der Waals surface area contributed by atoms with Gasteiger partial charge in [-0.3, -0.25) is 24.4 Å². The molecule has 4 rings (SSSR count). The number of aliphatic hydroxyl groups is 1. The van der Waals surface area contributed by atoms with Crippen LogP contribution in [0, 0.1) is 0 Å². The maximum Gasteiger partial charge on any atom is 0.259 e. The highest BCUT2D eigenvalue weighted by Gasteiger charge is 2.16. The molecular formula is C28H40N8O5. The first-order chi connectivity index (χ1) is 19.8. The molecule has 0 unspecified atom stereocenters. The van der Waals surface area contributed by atoms with Crippen molar-refractivity contribution in [3.8, 4) is 5.75 Å². The lowest BCUT2D eigenvalue weighted by atomic mass is 9.95. The number of carbonyl (C=O) groups is 3. The number of aliphatic hydroxyl groups excluding tert-OH is 1. The van der Waals surface area contributed by atoms with Crippen molar-refractivity contribution in [3.63, 3.8) is 0 Å². The fourth-order valence-corrected chi connectivity index (χ4v) is 4.08. The Balaban J connectivity index is 0.000000376. The summed E-state index contributed by atoms with van der Waals surface area (Å²) >= 11 is 0. The van der Waals surface area contributed by atoms with Crippen LogP contribution in [-0.2, 0) is 16.6 Å². The summed E-state index contributed by atoms with van der Waals surface area (Å²) in [6.45, 7) is 3.67. The summed E-state index contributed by atoms with van der Waals surface area (Å²) in [7, 11) is 5.04. The van der Waals surface area contributed by atoms with Gasteiger partial charge in [-0.1, -0.05) is 19.3 Å². The molecule has 222 valence electrons. The second kappa shape index (κ2) is 17.2. The number of carbonyl (C=O) groups excluding carboxylic acids is 3. The number of amides is 3. The number of aryl methyl sites for hydroxylation is 1. The van der Waals surface area contributed by atoms with Crippen molar-refractivity contribution in [1.82, 2.24) is 35.4 Å². The summed E-state index contributed by atoms with van der Waals surface area (Å²) in [4.78, 5) is 38.6. The van der Waals surface area contributed by atoms with Crippen LogP contribution in [0.2, 0.25) is 0 Å². The van der Waals surface area contributed by atoms with E-state index in [4.69, 9.17) is 9.84 Å². The van der Waals surface area contributed by atoms with E-state index in [1.54, 1.807) is 56.3 Å². The third kappa shape index (κ3) is 10.2. The van der Waals surface area contributed by atoms with E-state index in [1.807, 2.05) is 7.05 Å². The molecule has 13 nitrogen and oxygen atoms in total. The molecule has 0 bridgehead atoms. The lowest BCUT2D eigenvalue weighted by molar-refractivity contribution is -0.119. The van der Waals surface area contributed by atoms with E-state index in [-0.39, 0.29) is 12.5 Å². The lowest BCUT2D eigenvalue weighted by Gasteiger charge is -2.27. The maximum atomic E-state index is 12.6. The second-order valence-corrected chi connectivity index (χ2v) is 9.24. The SMILES string of the molecule is CCO.CN(C=O)C1CCCCC1.COc1cc2[nH]ncc2cc1C(=O)N/C(C)=C/C=C\N(C=O)c1cnn(C)n1. The summed E-state index contributed by atoms with van der Waals surface area (Å²) in [6.07, 6.45) is 15.8. The van der Waals surface area contributed by atoms with Crippen LogP contribution < -0.4 is 15.0 Å². The van der Waals surface area contributed by atoms with Gasteiger partial charge in [0.1, 0.15) is 5.75 Å². The number of nitrogens with one attached hydrogen (secondary N) is 2. The van der Waals surface area contributed by atoms with E-state index in [2.05, 4.69) is 25.7 Å². The van der Waals surface area contributed by atoms with Crippen molar-refractivity contribution in [2.45, 2.75) is 52.0 Å². The average Bonchev–Trinajstić information content (AvgIpc) is 3.63. The third-order valence-electron chi connectivity index (χ3n) is 6.19. The van der Waals surface area contributed by atoms with E-state index < -0.39 is 0 Å². The van der Waals surface area contributed by atoms with Crippen molar-refractivity contribution >= 4 is 35.4 Å². The van der Waals surface area contributed by atoms with Gasteiger partial charge in [-0.25, -0.2) is 0 Å². The molecule has 0 saturated heterocycles. The molecule has 1 aliphatic carbocycles. The molecule has 13 heteroatoms. The fourth-order valence-electron chi connectivity index (χ4n) is 4.08. The Kier molecular flexibility index (Phi) is 13.7. The van der Waals surface area contributed by atoms with Gasteiger partial charge in [0, 0.05) is 50.1 Å². The molecule has 1 aromatic carbocycles. The number of fused-ring (bicyclic) bond motifs is 1. The minimum atomic E-state index is -0.316. The highest BCUT2D eigenvalue weighted by atomic mass is 16.5. The summed E-state index contributed by atoms with van der Waals surface area (Å²) in [5, 5.41) is 25.9. The number of hydrogen-bond donors (Lipinski definition) is 3.